The SMILES string of the molecule is CC1CN(c2nc(Cl)ccc2C(=O)O)CC(CO)O1. The zero-order valence-corrected chi connectivity index (χ0v) is 11.2. The van der Waals surface area contributed by atoms with Crippen LogP contribution in [0, 0.1) is 0 Å². The minimum absolute atomic E-state index is 0.0928. The molecule has 2 unspecified atom stereocenters. The smallest absolute Gasteiger partial charge is 0.339 e. The van der Waals surface area contributed by atoms with E-state index >= 15 is 0 Å². The number of halogens is 1. The number of pyridine rings is 1. The second kappa shape index (κ2) is 5.73. The molecule has 0 radical (unpaired) electrons. The van der Waals surface area contributed by atoms with E-state index in [2.05, 4.69) is 4.98 Å². The summed E-state index contributed by atoms with van der Waals surface area (Å²) in [7, 11) is 0. The van der Waals surface area contributed by atoms with Crippen LogP contribution in [0.25, 0.3) is 0 Å². The van der Waals surface area contributed by atoms with Gasteiger partial charge in [0.05, 0.1) is 18.8 Å². The number of aliphatic hydroxyl groups is 1. The Kier molecular flexibility index (Phi) is 4.24. The van der Waals surface area contributed by atoms with Gasteiger partial charge in [-0.3, -0.25) is 0 Å². The molecule has 1 saturated heterocycles. The zero-order valence-electron chi connectivity index (χ0n) is 10.4. The second-order valence-electron chi connectivity index (χ2n) is 4.47. The predicted octanol–water partition coefficient (Wildman–Crippen LogP) is 1.02. The maximum absolute atomic E-state index is 11.2. The van der Waals surface area contributed by atoms with Gasteiger partial charge in [0.25, 0.3) is 0 Å². The standard InChI is InChI=1S/C12H15ClN2O4/c1-7-4-15(5-8(6-16)19-7)11-9(12(17)18)2-3-10(13)14-11/h2-3,7-8,16H,4-6H2,1H3,(H,17,18). The van der Waals surface area contributed by atoms with E-state index in [0.717, 1.165) is 0 Å². The maximum Gasteiger partial charge on any atom is 0.339 e. The number of morpholine rings is 1. The van der Waals surface area contributed by atoms with Gasteiger partial charge in [-0.2, -0.15) is 0 Å². The lowest BCUT2D eigenvalue weighted by Gasteiger charge is -2.37. The Morgan fingerprint density at radius 3 is 2.95 bits per heavy atom. The molecule has 1 aliphatic heterocycles. The van der Waals surface area contributed by atoms with E-state index in [-0.39, 0.29) is 29.5 Å². The van der Waals surface area contributed by atoms with Gasteiger partial charge in [0, 0.05) is 13.1 Å². The van der Waals surface area contributed by atoms with Crippen molar-refractivity contribution in [3.05, 3.63) is 22.8 Å². The number of carboxylic acids is 1. The van der Waals surface area contributed by atoms with Crippen molar-refractivity contribution in [2.75, 3.05) is 24.6 Å². The summed E-state index contributed by atoms with van der Waals surface area (Å²) >= 11 is 5.84. The van der Waals surface area contributed by atoms with Gasteiger partial charge in [-0.05, 0) is 19.1 Å². The van der Waals surface area contributed by atoms with Gasteiger partial charge in [-0.15, -0.1) is 0 Å². The van der Waals surface area contributed by atoms with Crippen molar-refractivity contribution >= 4 is 23.4 Å². The van der Waals surface area contributed by atoms with E-state index < -0.39 is 5.97 Å². The van der Waals surface area contributed by atoms with Crippen LogP contribution in [0.1, 0.15) is 17.3 Å². The summed E-state index contributed by atoms with van der Waals surface area (Å²) < 4.78 is 5.52. The molecule has 104 valence electrons. The lowest BCUT2D eigenvalue weighted by molar-refractivity contribution is -0.0423. The molecular weight excluding hydrogens is 272 g/mol. The van der Waals surface area contributed by atoms with Crippen molar-refractivity contribution in [2.24, 2.45) is 0 Å². The number of aliphatic hydroxyl groups excluding tert-OH is 1. The highest BCUT2D eigenvalue weighted by molar-refractivity contribution is 6.29. The summed E-state index contributed by atoms with van der Waals surface area (Å²) in [6, 6.07) is 2.88. The van der Waals surface area contributed by atoms with Crippen molar-refractivity contribution in [3.63, 3.8) is 0 Å². The number of nitrogens with zero attached hydrogens (tertiary/aromatic N) is 2. The summed E-state index contributed by atoms with van der Waals surface area (Å²) in [4.78, 5) is 17.1. The highest BCUT2D eigenvalue weighted by Crippen LogP contribution is 2.24. The number of hydrogen-bond acceptors (Lipinski definition) is 5. The molecule has 0 saturated carbocycles. The molecule has 1 aromatic rings. The van der Waals surface area contributed by atoms with Crippen LogP contribution in [0.3, 0.4) is 0 Å². The average molecular weight is 287 g/mol. The fourth-order valence-corrected chi connectivity index (χ4v) is 2.30. The molecule has 0 bridgehead atoms. The van der Waals surface area contributed by atoms with E-state index in [9.17, 15) is 15.0 Å². The van der Waals surface area contributed by atoms with Crippen LogP contribution in [-0.2, 0) is 4.74 Å². The molecule has 1 aliphatic rings. The Hall–Kier alpha value is -1.37. The van der Waals surface area contributed by atoms with Crippen molar-refractivity contribution in [1.82, 2.24) is 4.98 Å². The highest BCUT2D eigenvalue weighted by Gasteiger charge is 2.28. The number of hydrogen-bond donors (Lipinski definition) is 2. The van der Waals surface area contributed by atoms with Crippen LogP contribution < -0.4 is 4.90 Å². The fraction of sp³-hybridized carbons (Fsp3) is 0.500. The quantitative estimate of drug-likeness (QED) is 0.807. The van der Waals surface area contributed by atoms with Crippen LogP contribution >= 0.6 is 11.6 Å². The minimum atomic E-state index is -1.06. The Balaban J connectivity index is 2.34. The maximum atomic E-state index is 11.2. The minimum Gasteiger partial charge on any atom is -0.478 e. The third-order valence-corrected chi connectivity index (χ3v) is 3.11. The molecule has 6 nitrogen and oxygen atoms in total. The number of aromatic nitrogens is 1. The topological polar surface area (TPSA) is 82.9 Å². The monoisotopic (exact) mass is 286 g/mol. The predicted molar refractivity (Wildman–Crippen MR) is 69.8 cm³/mol. The first kappa shape index (κ1) is 14.0. The molecule has 2 atom stereocenters. The van der Waals surface area contributed by atoms with E-state index in [4.69, 9.17) is 16.3 Å². The van der Waals surface area contributed by atoms with Gasteiger partial charge in [0.1, 0.15) is 16.5 Å². The number of anilines is 1. The summed E-state index contributed by atoms with van der Waals surface area (Å²) in [5.41, 5.74) is 0.0928. The molecule has 19 heavy (non-hydrogen) atoms. The molecule has 1 fully saturated rings. The molecule has 1 aromatic heterocycles. The van der Waals surface area contributed by atoms with E-state index in [1.165, 1.54) is 12.1 Å². The largest absolute Gasteiger partial charge is 0.478 e. The van der Waals surface area contributed by atoms with Crippen LogP contribution in [0.4, 0.5) is 5.82 Å². The van der Waals surface area contributed by atoms with Crippen molar-refractivity contribution in [3.8, 4) is 0 Å². The van der Waals surface area contributed by atoms with Gasteiger partial charge >= 0.3 is 5.97 Å². The Morgan fingerprint density at radius 1 is 1.58 bits per heavy atom. The molecular formula is C12H15ClN2O4. The number of carbonyl (C=O) groups is 1. The second-order valence-corrected chi connectivity index (χ2v) is 4.85. The van der Waals surface area contributed by atoms with Crippen molar-refractivity contribution < 1.29 is 19.7 Å². The van der Waals surface area contributed by atoms with Gasteiger partial charge in [-0.1, -0.05) is 11.6 Å². The molecule has 7 heteroatoms. The zero-order chi connectivity index (χ0) is 14.0. The summed E-state index contributed by atoms with van der Waals surface area (Å²) in [6.45, 7) is 2.63. The van der Waals surface area contributed by atoms with Crippen LogP contribution in [0.5, 0.6) is 0 Å². The van der Waals surface area contributed by atoms with Crippen molar-refractivity contribution in [1.29, 1.82) is 0 Å². The van der Waals surface area contributed by atoms with Gasteiger partial charge in [-0.25, -0.2) is 9.78 Å². The molecule has 0 spiro atoms. The summed E-state index contributed by atoms with van der Waals surface area (Å²) in [5.74, 6) is -0.743. The lowest BCUT2D eigenvalue weighted by Crippen LogP contribution is -2.48. The van der Waals surface area contributed by atoms with E-state index in [1.54, 1.807) is 4.90 Å². The number of ether oxygens (including phenoxy) is 1. The highest BCUT2D eigenvalue weighted by atomic mass is 35.5. The number of aromatic carboxylic acids is 1. The first-order valence-corrected chi connectivity index (χ1v) is 6.30. The Labute approximate surface area is 115 Å². The molecule has 0 aromatic carbocycles. The Morgan fingerprint density at radius 2 is 2.32 bits per heavy atom. The molecule has 2 rings (SSSR count). The summed E-state index contributed by atoms with van der Waals surface area (Å²) in [6.07, 6.45) is -0.473. The molecule has 2 N–H and O–H groups in total. The van der Waals surface area contributed by atoms with Crippen LogP contribution in [0.15, 0.2) is 12.1 Å². The fourth-order valence-electron chi connectivity index (χ4n) is 2.15. The normalized spacial score (nSPS) is 23.4. The van der Waals surface area contributed by atoms with E-state index in [1.807, 2.05) is 6.92 Å². The molecule has 2 heterocycles. The lowest BCUT2D eigenvalue weighted by atomic mass is 10.2. The van der Waals surface area contributed by atoms with Gasteiger partial charge in [0.15, 0.2) is 0 Å². The average Bonchev–Trinajstić information content (AvgIpc) is 2.37. The molecule has 0 amide bonds. The van der Waals surface area contributed by atoms with Crippen LogP contribution in [0.2, 0.25) is 5.15 Å². The first-order chi connectivity index (χ1) is 9.01. The van der Waals surface area contributed by atoms with Gasteiger partial charge < -0.3 is 19.8 Å². The van der Waals surface area contributed by atoms with E-state index in [0.29, 0.717) is 18.9 Å². The number of carboxylic acid groups (broad SMARTS) is 1. The number of rotatable bonds is 3. The Bertz CT molecular complexity index is 483. The van der Waals surface area contributed by atoms with Crippen LogP contribution in [-0.4, -0.2) is 53.1 Å². The first-order valence-electron chi connectivity index (χ1n) is 5.92. The van der Waals surface area contributed by atoms with Crippen molar-refractivity contribution in [2.45, 2.75) is 19.1 Å². The molecule has 0 aliphatic carbocycles. The summed E-state index contributed by atoms with van der Waals surface area (Å²) in [5, 5.41) is 18.6. The third-order valence-electron chi connectivity index (χ3n) is 2.90. The van der Waals surface area contributed by atoms with Gasteiger partial charge in [0.2, 0.25) is 0 Å². The third kappa shape index (κ3) is 3.15.